The molecule has 1 unspecified atom stereocenters. The molecule has 1 atom stereocenters. The van der Waals surface area contributed by atoms with E-state index in [-0.39, 0.29) is 13.2 Å². The van der Waals surface area contributed by atoms with E-state index < -0.39 is 18.1 Å². The van der Waals surface area contributed by atoms with Crippen LogP contribution in [0.3, 0.4) is 0 Å². The molecule has 2 amide bonds. The van der Waals surface area contributed by atoms with Crippen LogP contribution in [0.15, 0.2) is 12.1 Å². The number of benzene rings is 1. The molecule has 1 aliphatic heterocycles. The van der Waals surface area contributed by atoms with Crippen LogP contribution in [0, 0.1) is 6.92 Å². The third-order valence-electron chi connectivity index (χ3n) is 3.15. The van der Waals surface area contributed by atoms with E-state index in [9.17, 15) is 9.59 Å². The van der Waals surface area contributed by atoms with Gasteiger partial charge in [0.15, 0.2) is 6.10 Å². The lowest BCUT2D eigenvalue weighted by atomic mass is 10.2. The van der Waals surface area contributed by atoms with E-state index in [0.29, 0.717) is 22.3 Å². The van der Waals surface area contributed by atoms with Crippen LogP contribution in [0.2, 0.25) is 10.0 Å². The van der Waals surface area contributed by atoms with Gasteiger partial charge in [-0.15, -0.1) is 0 Å². The second kappa shape index (κ2) is 6.51. The van der Waals surface area contributed by atoms with E-state index >= 15 is 0 Å². The zero-order valence-corrected chi connectivity index (χ0v) is 12.7. The van der Waals surface area contributed by atoms with Crippen molar-refractivity contribution in [1.29, 1.82) is 0 Å². The average Bonchev–Trinajstić information content (AvgIpc) is 2.47. The van der Waals surface area contributed by atoms with Crippen LogP contribution >= 0.6 is 23.2 Å². The highest BCUT2D eigenvalue weighted by molar-refractivity contribution is 6.40. The number of carboxylic acid groups (broad SMARTS) is 1. The lowest BCUT2D eigenvalue weighted by Crippen LogP contribution is -2.50. The second-order valence-electron chi connectivity index (χ2n) is 4.63. The van der Waals surface area contributed by atoms with Crippen LogP contribution in [-0.2, 0) is 9.53 Å². The van der Waals surface area contributed by atoms with Crippen molar-refractivity contribution in [2.24, 2.45) is 0 Å². The number of aryl methyl sites for hydroxylation is 1. The van der Waals surface area contributed by atoms with Crippen molar-refractivity contribution < 1.29 is 19.4 Å². The Labute approximate surface area is 131 Å². The summed E-state index contributed by atoms with van der Waals surface area (Å²) in [6.07, 6.45) is -1.02. The van der Waals surface area contributed by atoms with Gasteiger partial charge in [0, 0.05) is 6.54 Å². The molecule has 21 heavy (non-hydrogen) atoms. The van der Waals surface area contributed by atoms with Crippen LogP contribution < -0.4 is 5.32 Å². The maximum absolute atomic E-state index is 12.2. The first-order chi connectivity index (χ1) is 9.90. The molecule has 0 spiro atoms. The summed E-state index contributed by atoms with van der Waals surface area (Å²) in [5.41, 5.74) is 1.10. The van der Waals surface area contributed by atoms with Gasteiger partial charge >= 0.3 is 12.0 Å². The van der Waals surface area contributed by atoms with Gasteiger partial charge in [-0.05, 0) is 18.6 Å². The zero-order valence-electron chi connectivity index (χ0n) is 11.2. The van der Waals surface area contributed by atoms with Gasteiger partial charge in [-0.25, -0.2) is 9.59 Å². The number of hydrogen-bond acceptors (Lipinski definition) is 3. The monoisotopic (exact) mass is 332 g/mol. The summed E-state index contributed by atoms with van der Waals surface area (Å²) in [6.45, 7) is 2.24. The maximum atomic E-state index is 12.2. The lowest BCUT2D eigenvalue weighted by molar-refractivity contribution is -0.154. The van der Waals surface area contributed by atoms with Crippen molar-refractivity contribution in [1.82, 2.24) is 4.90 Å². The molecule has 1 fully saturated rings. The van der Waals surface area contributed by atoms with E-state index in [1.165, 1.54) is 4.90 Å². The molecular formula is C13H14Cl2N2O4. The molecule has 2 N–H and O–H groups in total. The highest BCUT2D eigenvalue weighted by atomic mass is 35.5. The number of nitrogens with zero attached hydrogens (tertiary/aromatic N) is 1. The third kappa shape index (κ3) is 3.58. The van der Waals surface area contributed by atoms with Crippen LogP contribution in [-0.4, -0.2) is 47.8 Å². The average molecular weight is 333 g/mol. The molecule has 0 bridgehead atoms. The highest BCUT2D eigenvalue weighted by Gasteiger charge is 2.29. The molecule has 0 aromatic heterocycles. The number of morpholine rings is 1. The summed E-state index contributed by atoms with van der Waals surface area (Å²) in [6, 6.07) is 2.92. The fourth-order valence-electron chi connectivity index (χ4n) is 1.94. The van der Waals surface area contributed by atoms with E-state index in [1.807, 2.05) is 0 Å². The van der Waals surface area contributed by atoms with E-state index in [4.69, 9.17) is 33.0 Å². The lowest BCUT2D eigenvalue weighted by Gasteiger charge is -2.31. The Morgan fingerprint density at radius 3 is 2.81 bits per heavy atom. The fourth-order valence-corrected chi connectivity index (χ4v) is 2.41. The maximum Gasteiger partial charge on any atom is 0.334 e. The number of hydrogen-bond donors (Lipinski definition) is 2. The van der Waals surface area contributed by atoms with Crippen molar-refractivity contribution in [3.63, 3.8) is 0 Å². The number of anilines is 1. The first kappa shape index (κ1) is 15.9. The molecule has 0 saturated carbocycles. The standard InChI is InChI=1S/C13H14Cl2N2O4/c1-7-2-3-8(14)11(10(7)15)16-13(20)17-4-5-21-9(6-17)12(18)19/h2-3,9H,4-6H2,1H3,(H,16,20)(H,18,19). The fraction of sp³-hybridized carbons (Fsp3) is 0.385. The number of carboxylic acids is 1. The molecule has 1 aromatic rings. The predicted octanol–water partition coefficient (Wildman–Crippen LogP) is 2.62. The number of nitrogens with one attached hydrogen (secondary N) is 1. The van der Waals surface area contributed by atoms with E-state index in [2.05, 4.69) is 5.32 Å². The summed E-state index contributed by atoms with van der Waals surface area (Å²) < 4.78 is 5.06. The predicted molar refractivity (Wildman–Crippen MR) is 79.2 cm³/mol. The Morgan fingerprint density at radius 2 is 2.14 bits per heavy atom. The Balaban J connectivity index is 2.11. The van der Waals surface area contributed by atoms with Crippen molar-refractivity contribution in [3.8, 4) is 0 Å². The number of carbonyl (C=O) groups excluding carboxylic acids is 1. The number of rotatable bonds is 2. The Morgan fingerprint density at radius 1 is 1.43 bits per heavy atom. The van der Waals surface area contributed by atoms with Crippen LogP contribution in [0.4, 0.5) is 10.5 Å². The van der Waals surface area contributed by atoms with Gasteiger partial charge in [0.05, 0.1) is 28.9 Å². The highest BCUT2D eigenvalue weighted by Crippen LogP contribution is 2.33. The van der Waals surface area contributed by atoms with Crippen molar-refractivity contribution >= 4 is 40.9 Å². The molecule has 0 aliphatic carbocycles. The second-order valence-corrected chi connectivity index (χ2v) is 5.41. The molecule has 1 aromatic carbocycles. The smallest absolute Gasteiger partial charge is 0.334 e. The van der Waals surface area contributed by atoms with Gasteiger partial charge in [-0.3, -0.25) is 0 Å². The summed E-state index contributed by atoms with van der Waals surface area (Å²) in [5, 5.41) is 12.2. The van der Waals surface area contributed by atoms with E-state index in [0.717, 1.165) is 5.56 Å². The molecular weight excluding hydrogens is 319 g/mol. The topological polar surface area (TPSA) is 78.9 Å². The minimum atomic E-state index is -1.10. The minimum Gasteiger partial charge on any atom is -0.479 e. The van der Waals surface area contributed by atoms with Gasteiger partial charge < -0.3 is 20.1 Å². The van der Waals surface area contributed by atoms with Gasteiger partial charge in [-0.1, -0.05) is 29.3 Å². The Kier molecular flexibility index (Phi) is 4.92. The number of carbonyl (C=O) groups is 2. The van der Waals surface area contributed by atoms with Gasteiger partial charge in [0.1, 0.15) is 0 Å². The first-order valence-corrected chi connectivity index (χ1v) is 7.00. The molecule has 0 radical (unpaired) electrons. The SMILES string of the molecule is Cc1ccc(Cl)c(NC(=O)N2CCOC(C(=O)O)C2)c1Cl. The van der Waals surface area contributed by atoms with Crippen LogP contribution in [0.1, 0.15) is 5.56 Å². The Bertz CT molecular complexity index is 580. The first-order valence-electron chi connectivity index (χ1n) is 6.25. The van der Waals surface area contributed by atoms with Gasteiger partial charge in [-0.2, -0.15) is 0 Å². The van der Waals surface area contributed by atoms with Crippen LogP contribution in [0.5, 0.6) is 0 Å². The number of aliphatic carboxylic acids is 1. The zero-order chi connectivity index (χ0) is 15.6. The normalized spacial score (nSPS) is 18.4. The number of amides is 2. The molecule has 1 saturated heterocycles. The van der Waals surface area contributed by atoms with Crippen LogP contribution in [0.25, 0.3) is 0 Å². The summed E-state index contributed by atoms with van der Waals surface area (Å²) in [4.78, 5) is 24.5. The molecule has 8 heteroatoms. The van der Waals surface area contributed by atoms with Crippen molar-refractivity contribution in [2.75, 3.05) is 25.0 Å². The summed E-state index contributed by atoms with van der Waals surface area (Å²) >= 11 is 12.2. The third-order valence-corrected chi connectivity index (χ3v) is 3.95. The number of ether oxygens (including phenoxy) is 1. The van der Waals surface area contributed by atoms with Crippen molar-refractivity contribution in [3.05, 3.63) is 27.7 Å². The molecule has 2 rings (SSSR count). The van der Waals surface area contributed by atoms with E-state index in [1.54, 1.807) is 19.1 Å². The van der Waals surface area contributed by atoms with Crippen molar-refractivity contribution in [2.45, 2.75) is 13.0 Å². The number of halogens is 2. The van der Waals surface area contributed by atoms with Gasteiger partial charge in [0.25, 0.3) is 0 Å². The molecule has 6 nitrogen and oxygen atoms in total. The minimum absolute atomic E-state index is 0.0256. The summed E-state index contributed by atoms with van der Waals surface area (Å²) in [7, 11) is 0. The largest absolute Gasteiger partial charge is 0.479 e. The summed E-state index contributed by atoms with van der Waals surface area (Å²) in [5.74, 6) is -1.10. The molecule has 1 heterocycles. The van der Waals surface area contributed by atoms with Gasteiger partial charge in [0.2, 0.25) is 0 Å². The molecule has 114 valence electrons. The quantitative estimate of drug-likeness (QED) is 0.872. The Hall–Kier alpha value is -1.50. The number of urea groups is 1. The molecule has 1 aliphatic rings.